The van der Waals surface area contributed by atoms with E-state index in [4.69, 9.17) is 0 Å². The molecule has 132 valence electrons. The SMILES string of the molecule is CC(C)c1c(C(F)(F)F)c2cc(CCN(C)C)ccc2n(C)c1=O. The lowest BCUT2D eigenvalue weighted by atomic mass is 9.93. The molecule has 0 radical (unpaired) electrons. The first-order valence-corrected chi connectivity index (χ1v) is 7.91. The van der Waals surface area contributed by atoms with E-state index >= 15 is 0 Å². The predicted octanol–water partition coefficient (Wildman–Crippen LogP) is 3.78. The van der Waals surface area contributed by atoms with Gasteiger partial charge < -0.3 is 9.47 Å². The summed E-state index contributed by atoms with van der Waals surface area (Å²) in [5.41, 5.74) is -0.393. The molecule has 24 heavy (non-hydrogen) atoms. The zero-order valence-corrected chi connectivity index (χ0v) is 14.7. The van der Waals surface area contributed by atoms with Crippen molar-refractivity contribution in [2.24, 2.45) is 7.05 Å². The number of benzene rings is 1. The van der Waals surface area contributed by atoms with E-state index in [0.717, 1.165) is 12.1 Å². The molecule has 2 aromatic rings. The minimum atomic E-state index is -4.56. The van der Waals surface area contributed by atoms with E-state index in [9.17, 15) is 18.0 Å². The molecule has 1 aromatic heterocycles. The number of aryl methyl sites for hydroxylation is 1. The van der Waals surface area contributed by atoms with Gasteiger partial charge >= 0.3 is 6.18 Å². The molecule has 1 heterocycles. The lowest BCUT2D eigenvalue weighted by Crippen LogP contribution is -2.28. The number of hydrogen-bond acceptors (Lipinski definition) is 2. The maximum absolute atomic E-state index is 13.7. The van der Waals surface area contributed by atoms with Crippen molar-refractivity contribution in [1.29, 1.82) is 0 Å². The van der Waals surface area contributed by atoms with Crippen molar-refractivity contribution in [3.63, 3.8) is 0 Å². The lowest BCUT2D eigenvalue weighted by Gasteiger charge is -2.20. The van der Waals surface area contributed by atoms with Crippen LogP contribution in [0.4, 0.5) is 13.2 Å². The monoisotopic (exact) mass is 340 g/mol. The van der Waals surface area contributed by atoms with Crippen molar-refractivity contribution in [2.75, 3.05) is 20.6 Å². The fraction of sp³-hybridized carbons (Fsp3) is 0.500. The first-order chi connectivity index (χ1) is 11.0. The van der Waals surface area contributed by atoms with E-state index < -0.39 is 23.2 Å². The molecule has 0 aliphatic heterocycles. The Morgan fingerprint density at radius 3 is 2.33 bits per heavy atom. The second kappa shape index (κ2) is 6.59. The summed E-state index contributed by atoms with van der Waals surface area (Å²) in [6, 6.07) is 4.98. The van der Waals surface area contributed by atoms with Gasteiger partial charge in [-0.25, -0.2) is 0 Å². The number of fused-ring (bicyclic) bond motifs is 1. The molecule has 2 rings (SSSR count). The second-order valence-corrected chi connectivity index (χ2v) is 6.71. The standard InChI is InChI=1S/C18H23F3N2O/c1-11(2)15-16(18(19,20)21)13-10-12(8-9-22(3)4)6-7-14(13)23(5)17(15)24/h6-7,10-11H,8-9H2,1-5H3. The number of aromatic nitrogens is 1. The Hall–Kier alpha value is -1.82. The molecule has 0 saturated heterocycles. The third-order valence-corrected chi connectivity index (χ3v) is 4.20. The largest absolute Gasteiger partial charge is 0.417 e. The van der Waals surface area contributed by atoms with E-state index in [-0.39, 0.29) is 10.9 Å². The number of pyridine rings is 1. The maximum atomic E-state index is 13.7. The van der Waals surface area contributed by atoms with Crippen LogP contribution >= 0.6 is 0 Å². The van der Waals surface area contributed by atoms with Crippen LogP contribution in [0.1, 0.15) is 36.5 Å². The highest BCUT2D eigenvalue weighted by atomic mass is 19.4. The number of rotatable bonds is 4. The fourth-order valence-electron chi connectivity index (χ4n) is 2.97. The quantitative estimate of drug-likeness (QED) is 0.846. The second-order valence-electron chi connectivity index (χ2n) is 6.71. The number of alkyl halides is 3. The van der Waals surface area contributed by atoms with Crippen LogP contribution < -0.4 is 5.56 Å². The molecule has 0 N–H and O–H groups in total. The van der Waals surface area contributed by atoms with Crippen LogP contribution in [0, 0.1) is 0 Å². The van der Waals surface area contributed by atoms with E-state index in [1.54, 1.807) is 32.0 Å². The van der Waals surface area contributed by atoms with Gasteiger partial charge in [-0.1, -0.05) is 19.9 Å². The highest BCUT2D eigenvalue weighted by Crippen LogP contribution is 2.38. The van der Waals surface area contributed by atoms with Crippen molar-refractivity contribution < 1.29 is 13.2 Å². The zero-order valence-electron chi connectivity index (χ0n) is 14.7. The van der Waals surface area contributed by atoms with Crippen LogP contribution in [-0.4, -0.2) is 30.1 Å². The van der Waals surface area contributed by atoms with Gasteiger partial charge in [-0.3, -0.25) is 4.79 Å². The Kier molecular flexibility index (Phi) is 5.08. The van der Waals surface area contributed by atoms with Gasteiger partial charge in [-0.05, 0) is 44.1 Å². The highest BCUT2D eigenvalue weighted by molar-refractivity contribution is 5.85. The van der Waals surface area contributed by atoms with E-state index in [0.29, 0.717) is 11.9 Å². The molecule has 0 unspecified atom stereocenters. The third-order valence-electron chi connectivity index (χ3n) is 4.20. The Morgan fingerprint density at radius 2 is 1.83 bits per heavy atom. The van der Waals surface area contributed by atoms with Crippen molar-refractivity contribution in [1.82, 2.24) is 9.47 Å². The van der Waals surface area contributed by atoms with Crippen molar-refractivity contribution in [3.8, 4) is 0 Å². The lowest BCUT2D eigenvalue weighted by molar-refractivity contribution is -0.137. The average Bonchev–Trinajstić information content (AvgIpc) is 2.46. The first kappa shape index (κ1) is 18.5. The molecule has 6 heteroatoms. The summed E-state index contributed by atoms with van der Waals surface area (Å²) in [5, 5.41) is 0.101. The molecule has 0 bridgehead atoms. The van der Waals surface area contributed by atoms with Gasteiger partial charge in [-0.15, -0.1) is 0 Å². The average molecular weight is 340 g/mol. The molecule has 0 aliphatic rings. The fourth-order valence-corrected chi connectivity index (χ4v) is 2.97. The Morgan fingerprint density at radius 1 is 1.21 bits per heavy atom. The molecule has 1 aromatic carbocycles. The summed E-state index contributed by atoms with van der Waals surface area (Å²) in [6.07, 6.45) is -3.91. The molecular weight excluding hydrogens is 317 g/mol. The minimum absolute atomic E-state index is 0.101. The van der Waals surface area contributed by atoms with Crippen LogP contribution in [-0.2, 0) is 19.6 Å². The molecule has 0 spiro atoms. The summed E-state index contributed by atoms with van der Waals surface area (Å²) in [6.45, 7) is 3.98. The summed E-state index contributed by atoms with van der Waals surface area (Å²) >= 11 is 0. The van der Waals surface area contributed by atoms with Crippen LogP contribution in [0.3, 0.4) is 0 Å². The van der Waals surface area contributed by atoms with E-state index in [1.807, 2.05) is 19.0 Å². The molecule has 0 fully saturated rings. The normalized spacial score (nSPS) is 12.6. The van der Waals surface area contributed by atoms with Crippen LogP contribution in [0.25, 0.3) is 10.9 Å². The zero-order chi connectivity index (χ0) is 18.2. The first-order valence-electron chi connectivity index (χ1n) is 7.91. The molecule has 0 atom stereocenters. The van der Waals surface area contributed by atoms with E-state index in [2.05, 4.69) is 0 Å². The number of likely N-dealkylation sites (N-methyl/N-ethyl adjacent to an activating group) is 1. The smallest absolute Gasteiger partial charge is 0.311 e. The molecule has 0 aliphatic carbocycles. The topological polar surface area (TPSA) is 25.2 Å². The van der Waals surface area contributed by atoms with Crippen LogP contribution in [0.2, 0.25) is 0 Å². The molecule has 3 nitrogen and oxygen atoms in total. The van der Waals surface area contributed by atoms with Crippen molar-refractivity contribution in [3.05, 3.63) is 45.2 Å². The number of halogens is 3. The Labute approximate surface area is 139 Å². The Balaban J connectivity index is 2.83. The Bertz CT molecular complexity index is 804. The van der Waals surface area contributed by atoms with Crippen molar-refractivity contribution >= 4 is 10.9 Å². The highest BCUT2D eigenvalue weighted by Gasteiger charge is 2.38. The minimum Gasteiger partial charge on any atom is -0.311 e. The van der Waals surface area contributed by atoms with Gasteiger partial charge in [0.15, 0.2) is 0 Å². The summed E-state index contributed by atoms with van der Waals surface area (Å²) in [4.78, 5) is 14.4. The number of hydrogen-bond donors (Lipinski definition) is 0. The van der Waals surface area contributed by atoms with Gasteiger partial charge in [0.2, 0.25) is 0 Å². The van der Waals surface area contributed by atoms with E-state index in [1.165, 1.54) is 11.6 Å². The van der Waals surface area contributed by atoms with Gasteiger partial charge in [0.25, 0.3) is 5.56 Å². The van der Waals surface area contributed by atoms with Gasteiger partial charge in [0, 0.05) is 24.5 Å². The number of nitrogens with zero attached hydrogens (tertiary/aromatic N) is 2. The van der Waals surface area contributed by atoms with Gasteiger partial charge in [0.05, 0.1) is 11.1 Å². The molecule has 0 saturated carbocycles. The predicted molar refractivity (Wildman–Crippen MR) is 90.5 cm³/mol. The van der Waals surface area contributed by atoms with Gasteiger partial charge in [0.1, 0.15) is 0 Å². The molecule has 0 amide bonds. The summed E-state index contributed by atoms with van der Waals surface area (Å²) < 4.78 is 42.5. The third kappa shape index (κ3) is 3.48. The maximum Gasteiger partial charge on any atom is 0.417 e. The van der Waals surface area contributed by atoms with Gasteiger partial charge in [-0.2, -0.15) is 13.2 Å². The summed E-state index contributed by atoms with van der Waals surface area (Å²) in [5.74, 6) is -0.504. The van der Waals surface area contributed by atoms with Crippen LogP contribution in [0.15, 0.2) is 23.0 Å². The summed E-state index contributed by atoms with van der Waals surface area (Å²) in [7, 11) is 5.36. The van der Waals surface area contributed by atoms with Crippen molar-refractivity contribution in [2.45, 2.75) is 32.4 Å². The molecular formula is C18H23F3N2O. The van der Waals surface area contributed by atoms with Crippen LogP contribution in [0.5, 0.6) is 0 Å².